The number of rotatable bonds is 12. The molecule has 0 aliphatic heterocycles. The average molecular weight is 837 g/mol. The summed E-state index contributed by atoms with van der Waals surface area (Å²) in [6.07, 6.45) is 0.743. The molecule has 0 amide bonds. The fourth-order valence-electron chi connectivity index (χ4n) is 8.99. The van der Waals surface area contributed by atoms with Crippen LogP contribution >= 0.6 is 0 Å². The lowest BCUT2D eigenvalue weighted by atomic mass is 9.89. The quantitative estimate of drug-likeness (QED) is 0.0684. The molecule has 3 nitrogen and oxygen atoms in total. The van der Waals surface area contributed by atoms with Gasteiger partial charge in [0, 0.05) is 33.3 Å². The van der Waals surface area contributed by atoms with Crippen LogP contribution in [0.25, 0.3) is 55.5 Å². The van der Waals surface area contributed by atoms with Crippen LogP contribution in [-0.2, 0) is 6.42 Å². The van der Waals surface area contributed by atoms with Gasteiger partial charge in [-0.05, 0) is 125 Å². The van der Waals surface area contributed by atoms with Crippen LogP contribution in [-0.4, -0.2) is 10.3 Å². The van der Waals surface area contributed by atoms with Crippen molar-refractivity contribution in [2.75, 3.05) is 0 Å². The predicted molar refractivity (Wildman–Crippen MR) is 274 cm³/mol. The summed E-state index contributed by atoms with van der Waals surface area (Å²) in [6, 6.07) is 80.9. The summed E-state index contributed by atoms with van der Waals surface area (Å²) in [6.45, 7) is 9.11. The van der Waals surface area contributed by atoms with Crippen molar-refractivity contribution < 1.29 is 4.74 Å². The Bertz CT molecular complexity index is 3320. The fourth-order valence-corrected chi connectivity index (χ4v) is 8.99. The molecule has 65 heavy (non-hydrogen) atoms. The first-order valence-corrected chi connectivity index (χ1v) is 22.2. The highest BCUT2D eigenvalue weighted by Crippen LogP contribution is 2.39. The molecule has 0 atom stereocenters. The second-order valence-electron chi connectivity index (χ2n) is 16.5. The SMILES string of the molecule is C=C(/C(=C(\N=C(C)c1cc(Cc2ccccc2-c2ccccc2C)cc(-n2c3ccccc3c3ccccc32)c1)c1ccccc1)c1ccccc1)c1ccc(Oc2ccccc2)cc1. The zero-order valence-corrected chi connectivity index (χ0v) is 36.7. The third kappa shape index (κ3) is 8.48. The summed E-state index contributed by atoms with van der Waals surface area (Å²) < 4.78 is 8.59. The van der Waals surface area contributed by atoms with Crippen LogP contribution in [0.3, 0.4) is 0 Å². The van der Waals surface area contributed by atoms with E-state index in [2.05, 4.69) is 206 Å². The molecule has 9 aromatic carbocycles. The number of para-hydroxylation sites is 3. The third-order valence-corrected chi connectivity index (χ3v) is 12.2. The molecule has 10 aromatic rings. The van der Waals surface area contributed by atoms with Crippen LogP contribution in [0.15, 0.2) is 242 Å². The van der Waals surface area contributed by atoms with E-state index in [1.54, 1.807) is 0 Å². The highest BCUT2D eigenvalue weighted by atomic mass is 16.5. The van der Waals surface area contributed by atoms with E-state index >= 15 is 0 Å². The van der Waals surface area contributed by atoms with E-state index in [9.17, 15) is 0 Å². The minimum absolute atomic E-state index is 0.743. The first kappa shape index (κ1) is 40.8. The maximum atomic E-state index is 6.18. The van der Waals surface area contributed by atoms with Crippen LogP contribution in [0, 0.1) is 6.92 Å². The summed E-state index contributed by atoms with van der Waals surface area (Å²) in [5.41, 5.74) is 17.3. The van der Waals surface area contributed by atoms with Crippen LogP contribution in [0.1, 0.15) is 45.9 Å². The van der Waals surface area contributed by atoms with Gasteiger partial charge in [-0.3, -0.25) is 4.99 Å². The Morgan fingerprint density at radius 2 is 1.03 bits per heavy atom. The molecule has 0 saturated carbocycles. The van der Waals surface area contributed by atoms with Crippen molar-refractivity contribution >= 4 is 44.4 Å². The van der Waals surface area contributed by atoms with E-state index in [0.29, 0.717) is 0 Å². The zero-order chi connectivity index (χ0) is 44.1. The van der Waals surface area contributed by atoms with Gasteiger partial charge in [0.2, 0.25) is 0 Å². The van der Waals surface area contributed by atoms with Crippen LogP contribution in [0.4, 0.5) is 0 Å². The van der Waals surface area contributed by atoms with Gasteiger partial charge in [0.1, 0.15) is 11.5 Å². The summed E-state index contributed by atoms with van der Waals surface area (Å²) in [5, 5.41) is 2.45. The Morgan fingerprint density at radius 3 is 1.69 bits per heavy atom. The first-order valence-electron chi connectivity index (χ1n) is 22.2. The van der Waals surface area contributed by atoms with Crippen molar-refractivity contribution in [3.63, 3.8) is 0 Å². The Balaban J connectivity index is 1.16. The Kier molecular flexibility index (Phi) is 11.4. The van der Waals surface area contributed by atoms with Crippen molar-refractivity contribution in [3.8, 4) is 28.3 Å². The molecule has 1 aromatic heterocycles. The molecule has 3 heteroatoms. The van der Waals surface area contributed by atoms with Crippen molar-refractivity contribution in [1.82, 2.24) is 4.57 Å². The lowest BCUT2D eigenvalue weighted by molar-refractivity contribution is 0.482. The number of hydrogen-bond donors (Lipinski definition) is 0. The van der Waals surface area contributed by atoms with E-state index in [4.69, 9.17) is 16.3 Å². The van der Waals surface area contributed by atoms with E-state index in [-0.39, 0.29) is 0 Å². The number of aliphatic imine (C=N–C) groups is 1. The highest BCUT2D eigenvalue weighted by Gasteiger charge is 2.19. The van der Waals surface area contributed by atoms with Gasteiger partial charge >= 0.3 is 0 Å². The van der Waals surface area contributed by atoms with Crippen molar-refractivity contribution in [2.45, 2.75) is 20.3 Å². The molecule has 0 spiro atoms. The Labute approximate surface area is 381 Å². The van der Waals surface area contributed by atoms with E-state index in [1.165, 1.54) is 49.6 Å². The number of allylic oxidation sites excluding steroid dienone is 2. The number of benzene rings is 9. The van der Waals surface area contributed by atoms with E-state index in [1.807, 2.05) is 42.5 Å². The molecule has 0 aliphatic rings. The second-order valence-corrected chi connectivity index (χ2v) is 16.5. The van der Waals surface area contributed by atoms with E-state index < -0.39 is 0 Å². The van der Waals surface area contributed by atoms with Gasteiger partial charge in [0.25, 0.3) is 0 Å². The Morgan fingerprint density at radius 1 is 0.492 bits per heavy atom. The van der Waals surface area contributed by atoms with Crippen LogP contribution < -0.4 is 4.74 Å². The van der Waals surface area contributed by atoms with Gasteiger partial charge in [0.05, 0.1) is 16.7 Å². The number of nitrogens with zero attached hydrogens (tertiary/aromatic N) is 2. The van der Waals surface area contributed by atoms with Gasteiger partial charge in [-0.1, -0.05) is 183 Å². The molecular formula is C62H48N2O. The number of hydrogen-bond acceptors (Lipinski definition) is 2. The topological polar surface area (TPSA) is 26.5 Å². The second kappa shape index (κ2) is 18.2. The molecule has 0 saturated heterocycles. The molecule has 0 radical (unpaired) electrons. The lowest BCUT2D eigenvalue weighted by Gasteiger charge is -2.19. The minimum Gasteiger partial charge on any atom is -0.457 e. The number of aromatic nitrogens is 1. The van der Waals surface area contributed by atoms with Crippen molar-refractivity contribution in [2.24, 2.45) is 4.99 Å². The van der Waals surface area contributed by atoms with Gasteiger partial charge < -0.3 is 9.30 Å². The first-order chi connectivity index (χ1) is 32.0. The fraction of sp³-hybridized carbons (Fsp3) is 0.0484. The number of fused-ring (bicyclic) bond motifs is 3. The zero-order valence-electron chi connectivity index (χ0n) is 36.7. The minimum atomic E-state index is 0.743. The normalized spacial score (nSPS) is 12.0. The summed E-state index contributed by atoms with van der Waals surface area (Å²) in [4.78, 5) is 5.69. The molecule has 0 aliphatic carbocycles. The predicted octanol–water partition coefficient (Wildman–Crippen LogP) is 16.2. The van der Waals surface area contributed by atoms with Crippen LogP contribution in [0.2, 0.25) is 0 Å². The molecule has 0 fully saturated rings. The van der Waals surface area contributed by atoms with Gasteiger partial charge in [-0.2, -0.15) is 0 Å². The summed E-state index contributed by atoms with van der Waals surface area (Å²) >= 11 is 0. The summed E-state index contributed by atoms with van der Waals surface area (Å²) in [5.74, 6) is 1.55. The molecule has 0 bridgehead atoms. The lowest BCUT2D eigenvalue weighted by Crippen LogP contribution is -2.04. The molecular weight excluding hydrogens is 789 g/mol. The molecule has 312 valence electrons. The molecule has 10 rings (SSSR count). The maximum absolute atomic E-state index is 6.18. The van der Waals surface area contributed by atoms with Crippen molar-refractivity contribution in [1.29, 1.82) is 0 Å². The smallest absolute Gasteiger partial charge is 0.127 e. The Hall–Kier alpha value is -8.27. The maximum Gasteiger partial charge on any atom is 0.127 e. The molecule has 0 unspecified atom stereocenters. The van der Waals surface area contributed by atoms with Gasteiger partial charge in [-0.15, -0.1) is 0 Å². The average Bonchev–Trinajstić information content (AvgIpc) is 3.70. The largest absolute Gasteiger partial charge is 0.457 e. The summed E-state index contributed by atoms with van der Waals surface area (Å²) in [7, 11) is 0. The molecule has 1 heterocycles. The standard InChI is InChI=1S/C62H48N2O/c1-43-21-13-15-29-55(43)56-30-16-14-26-50(56)39-46-40-51(42-52(41-46)64-59-33-19-17-31-57(59)58-32-18-20-34-60(58)64)45(3)63-62(49-24-9-5-10-25-49)61(48-22-7-4-8-23-48)44(2)47-35-37-54(38-36-47)65-53-27-11-6-12-28-53/h4-38,40-42H,2,39H2,1,3H3/b62-61+,63-45?. The van der Waals surface area contributed by atoms with E-state index in [0.717, 1.165) is 68.4 Å². The highest BCUT2D eigenvalue weighted by molar-refractivity contribution is 6.16. The third-order valence-electron chi connectivity index (χ3n) is 12.2. The van der Waals surface area contributed by atoms with Crippen molar-refractivity contribution in [3.05, 3.63) is 276 Å². The van der Waals surface area contributed by atoms with Gasteiger partial charge in [0.15, 0.2) is 0 Å². The van der Waals surface area contributed by atoms with Gasteiger partial charge in [-0.25, -0.2) is 0 Å². The van der Waals surface area contributed by atoms with Crippen LogP contribution in [0.5, 0.6) is 11.5 Å². The molecule has 0 N–H and O–H groups in total. The number of aryl methyl sites for hydroxylation is 1. The monoisotopic (exact) mass is 836 g/mol. The number of ether oxygens (including phenoxy) is 1.